The van der Waals surface area contributed by atoms with E-state index < -0.39 is 15.9 Å². The summed E-state index contributed by atoms with van der Waals surface area (Å²) in [5.41, 5.74) is 0.640. The van der Waals surface area contributed by atoms with E-state index in [1.54, 1.807) is 18.2 Å². The zero-order valence-electron chi connectivity index (χ0n) is 16.1. The van der Waals surface area contributed by atoms with Crippen LogP contribution < -0.4 is 14.8 Å². The maximum absolute atomic E-state index is 12.2. The molecular weight excluding hydrogens is 384 g/mol. The number of Topliss-reactive ketones (excluding diaryl/α,β-unsaturated/α-hetero) is 1. The van der Waals surface area contributed by atoms with Crippen molar-refractivity contribution in [3.63, 3.8) is 0 Å². The van der Waals surface area contributed by atoms with Crippen LogP contribution in [0.3, 0.4) is 0 Å². The fraction of sp³-hybridized carbons (Fsp3) is 0.263. The quantitative estimate of drug-likeness (QED) is 0.674. The molecule has 0 aliphatic heterocycles. The lowest BCUT2D eigenvalue weighted by molar-refractivity contribution is -0.118. The first-order chi connectivity index (χ1) is 13.1. The monoisotopic (exact) mass is 406 g/mol. The van der Waals surface area contributed by atoms with Crippen molar-refractivity contribution in [3.8, 4) is 11.5 Å². The number of nitrogens with zero attached hydrogens (tertiary/aromatic N) is 1. The van der Waals surface area contributed by atoms with Crippen LogP contribution in [0.15, 0.2) is 47.4 Å². The topological polar surface area (TPSA) is 102 Å². The highest BCUT2D eigenvalue weighted by Crippen LogP contribution is 2.25. The Bertz CT molecular complexity index is 986. The Kier molecular flexibility index (Phi) is 6.76. The normalized spacial score (nSPS) is 11.2. The van der Waals surface area contributed by atoms with Gasteiger partial charge in [0.25, 0.3) is 5.91 Å². The van der Waals surface area contributed by atoms with Crippen LogP contribution in [0.2, 0.25) is 0 Å². The second kappa shape index (κ2) is 8.85. The van der Waals surface area contributed by atoms with Crippen molar-refractivity contribution in [2.45, 2.75) is 11.8 Å². The number of hydrogen-bond donors (Lipinski definition) is 1. The molecule has 0 atom stereocenters. The van der Waals surface area contributed by atoms with Crippen molar-refractivity contribution in [3.05, 3.63) is 48.0 Å². The molecular formula is C19H22N2O6S. The number of carbonyl (C=O) groups is 2. The molecule has 0 radical (unpaired) electrons. The third kappa shape index (κ3) is 5.08. The summed E-state index contributed by atoms with van der Waals surface area (Å²) in [5.74, 6) is 0.00400. The summed E-state index contributed by atoms with van der Waals surface area (Å²) >= 11 is 0. The van der Waals surface area contributed by atoms with Gasteiger partial charge in [0.05, 0.1) is 17.6 Å². The van der Waals surface area contributed by atoms with E-state index in [0.717, 1.165) is 4.31 Å². The first-order valence-electron chi connectivity index (χ1n) is 8.29. The largest absolute Gasteiger partial charge is 0.497 e. The minimum Gasteiger partial charge on any atom is -0.497 e. The van der Waals surface area contributed by atoms with Crippen molar-refractivity contribution >= 4 is 27.4 Å². The van der Waals surface area contributed by atoms with Gasteiger partial charge < -0.3 is 14.8 Å². The number of rotatable bonds is 8. The number of anilines is 1. The van der Waals surface area contributed by atoms with Gasteiger partial charge in [-0.2, -0.15) is 0 Å². The predicted molar refractivity (Wildman–Crippen MR) is 104 cm³/mol. The highest BCUT2D eigenvalue weighted by Gasteiger charge is 2.18. The van der Waals surface area contributed by atoms with Gasteiger partial charge in [0.1, 0.15) is 11.5 Å². The summed E-state index contributed by atoms with van der Waals surface area (Å²) < 4.78 is 36.0. The number of carbonyl (C=O) groups excluding carboxylic acids is 2. The number of ether oxygens (including phenoxy) is 2. The summed E-state index contributed by atoms with van der Waals surface area (Å²) in [5, 5.41) is 2.58. The van der Waals surface area contributed by atoms with E-state index in [-0.39, 0.29) is 23.0 Å². The molecule has 0 aliphatic carbocycles. The second-order valence-corrected chi connectivity index (χ2v) is 8.22. The van der Waals surface area contributed by atoms with Crippen molar-refractivity contribution < 1.29 is 27.5 Å². The number of ketones is 1. The summed E-state index contributed by atoms with van der Waals surface area (Å²) in [7, 11) is 0.718. The third-order valence-corrected chi connectivity index (χ3v) is 5.63. The van der Waals surface area contributed by atoms with Gasteiger partial charge in [-0.25, -0.2) is 12.7 Å². The second-order valence-electron chi connectivity index (χ2n) is 6.07. The van der Waals surface area contributed by atoms with Gasteiger partial charge in [-0.1, -0.05) is 6.07 Å². The SMILES string of the molecule is COc1ccc(C(C)=O)c(OCC(=O)Nc2cccc(S(=O)(=O)N(C)C)c2)c1. The van der Waals surface area contributed by atoms with E-state index in [2.05, 4.69) is 5.32 Å². The molecule has 0 aromatic heterocycles. The fourth-order valence-electron chi connectivity index (χ4n) is 2.33. The molecule has 0 heterocycles. The standard InChI is InChI=1S/C19H22N2O6S/c1-13(22)17-9-8-15(26-4)11-18(17)27-12-19(23)20-14-6-5-7-16(10-14)28(24,25)21(2)3/h5-11H,12H2,1-4H3,(H,20,23). The molecule has 1 N–H and O–H groups in total. The maximum Gasteiger partial charge on any atom is 0.262 e. The van der Waals surface area contributed by atoms with Crippen molar-refractivity contribution in [2.24, 2.45) is 0 Å². The van der Waals surface area contributed by atoms with Crippen LogP contribution in [-0.4, -0.2) is 52.2 Å². The van der Waals surface area contributed by atoms with E-state index in [1.165, 1.54) is 52.4 Å². The van der Waals surface area contributed by atoms with Crippen LogP contribution in [0, 0.1) is 0 Å². The fourth-order valence-corrected chi connectivity index (χ4v) is 3.27. The molecule has 9 heteroatoms. The summed E-state index contributed by atoms with van der Waals surface area (Å²) in [6.07, 6.45) is 0. The number of methoxy groups -OCH3 is 1. The smallest absolute Gasteiger partial charge is 0.262 e. The number of benzene rings is 2. The van der Waals surface area contributed by atoms with Crippen molar-refractivity contribution in [1.82, 2.24) is 4.31 Å². The summed E-state index contributed by atoms with van der Waals surface area (Å²) in [6, 6.07) is 10.6. The number of amides is 1. The van der Waals surface area contributed by atoms with Crippen LogP contribution in [0.25, 0.3) is 0 Å². The summed E-state index contributed by atoms with van der Waals surface area (Å²) in [6.45, 7) is 1.03. The van der Waals surface area contributed by atoms with Crippen LogP contribution >= 0.6 is 0 Å². The molecule has 0 unspecified atom stereocenters. The molecule has 0 saturated carbocycles. The van der Waals surface area contributed by atoms with Gasteiger partial charge in [-0.15, -0.1) is 0 Å². The Morgan fingerprint density at radius 2 is 1.82 bits per heavy atom. The van der Waals surface area contributed by atoms with Gasteiger partial charge in [-0.3, -0.25) is 9.59 Å². The number of nitrogens with one attached hydrogen (secondary N) is 1. The Morgan fingerprint density at radius 1 is 1.11 bits per heavy atom. The Morgan fingerprint density at radius 3 is 2.43 bits per heavy atom. The van der Waals surface area contributed by atoms with Gasteiger partial charge >= 0.3 is 0 Å². The Balaban J connectivity index is 2.11. The molecule has 0 spiro atoms. The predicted octanol–water partition coefficient (Wildman–Crippen LogP) is 2.17. The lowest BCUT2D eigenvalue weighted by Gasteiger charge is -2.13. The van der Waals surface area contributed by atoms with E-state index in [9.17, 15) is 18.0 Å². The zero-order valence-corrected chi connectivity index (χ0v) is 16.9. The van der Waals surface area contributed by atoms with E-state index in [0.29, 0.717) is 17.0 Å². The maximum atomic E-state index is 12.2. The van der Waals surface area contributed by atoms with Crippen LogP contribution in [0.5, 0.6) is 11.5 Å². The van der Waals surface area contributed by atoms with Crippen LogP contribution in [-0.2, 0) is 14.8 Å². The molecule has 0 saturated heterocycles. The molecule has 0 bridgehead atoms. The molecule has 150 valence electrons. The van der Waals surface area contributed by atoms with Gasteiger partial charge in [0.2, 0.25) is 10.0 Å². The Labute approximate surface area is 164 Å². The van der Waals surface area contributed by atoms with Gasteiger partial charge in [0.15, 0.2) is 12.4 Å². The van der Waals surface area contributed by atoms with Crippen LogP contribution in [0.1, 0.15) is 17.3 Å². The molecule has 28 heavy (non-hydrogen) atoms. The minimum absolute atomic E-state index is 0.0582. The van der Waals surface area contributed by atoms with E-state index in [4.69, 9.17) is 9.47 Å². The molecule has 2 aromatic carbocycles. The number of sulfonamides is 1. The van der Waals surface area contributed by atoms with Gasteiger partial charge in [-0.05, 0) is 37.3 Å². The molecule has 2 aromatic rings. The summed E-state index contributed by atoms with van der Waals surface area (Å²) in [4.78, 5) is 24.0. The minimum atomic E-state index is -3.61. The van der Waals surface area contributed by atoms with Crippen molar-refractivity contribution in [1.29, 1.82) is 0 Å². The van der Waals surface area contributed by atoms with E-state index >= 15 is 0 Å². The lowest BCUT2D eigenvalue weighted by atomic mass is 10.1. The average molecular weight is 406 g/mol. The molecule has 8 nitrogen and oxygen atoms in total. The lowest BCUT2D eigenvalue weighted by Crippen LogP contribution is -2.23. The molecule has 2 rings (SSSR count). The third-order valence-electron chi connectivity index (χ3n) is 3.82. The molecule has 0 fully saturated rings. The van der Waals surface area contributed by atoms with E-state index in [1.807, 2.05) is 0 Å². The van der Waals surface area contributed by atoms with Crippen LogP contribution in [0.4, 0.5) is 5.69 Å². The van der Waals surface area contributed by atoms with Crippen molar-refractivity contribution in [2.75, 3.05) is 33.1 Å². The number of hydrogen-bond acceptors (Lipinski definition) is 6. The average Bonchev–Trinajstić information content (AvgIpc) is 2.66. The highest BCUT2D eigenvalue weighted by molar-refractivity contribution is 7.89. The Hall–Kier alpha value is -2.91. The zero-order chi connectivity index (χ0) is 20.9. The highest BCUT2D eigenvalue weighted by atomic mass is 32.2. The molecule has 0 aliphatic rings. The van der Waals surface area contributed by atoms with Gasteiger partial charge in [0, 0.05) is 25.8 Å². The first kappa shape index (κ1) is 21.4. The first-order valence-corrected chi connectivity index (χ1v) is 9.73. The molecule has 1 amide bonds.